The maximum Gasteiger partial charge on any atom is 0.236 e. The summed E-state index contributed by atoms with van der Waals surface area (Å²) in [5, 5.41) is 3.07. The minimum atomic E-state index is -0.478. The van der Waals surface area contributed by atoms with Gasteiger partial charge >= 0.3 is 0 Å². The fourth-order valence-electron chi connectivity index (χ4n) is 3.79. The zero-order valence-corrected chi connectivity index (χ0v) is 17.0. The van der Waals surface area contributed by atoms with Crippen molar-refractivity contribution in [2.24, 2.45) is 0 Å². The number of amides is 1. The maximum atomic E-state index is 13.5. The summed E-state index contributed by atoms with van der Waals surface area (Å²) < 4.78 is 12.1. The van der Waals surface area contributed by atoms with E-state index in [4.69, 9.17) is 9.47 Å². The van der Waals surface area contributed by atoms with Crippen LogP contribution in [-0.4, -0.2) is 5.91 Å². The number of nitrogens with one attached hydrogen (secondary N) is 1. The van der Waals surface area contributed by atoms with Crippen LogP contribution in [0.3, 0.4) is 0 Å². The van der Waals surface area contributed by atoms with Crippen molar-refractivity contribution < 1.29 is 14.3 Å². The number of rotatable bonds is 4. The Hall–Kier alpha value is -4.05. The first kappa shape index (κ1) is 18.9. The highest BCUT2D eigenvalue weighted by atomic mass is 16.5. The van der Waals surface area contributed by atoms with E-state index in [9.17, 15) is 4.79 Å². The Bertz CT molecular complexity index is 1200. The predicted molar refractivity (Wildman–Crippen MR) is 121 cm³/mol. The van der Waals surface area contributed by atoms with Gasteiger partial charge in [0, 0.05) is 11.1 Å². The van der Waals surface area contributed by atoms with E-state index < -0.39 is 5.92 Å². The summed E-state index contributed by atoms with van der Waals surface area (Å²) in [6, 6.07) is 30.6. The molecule has 1 aliphatic heterocycles. The van der Waals surface area contributed by atoms with Crippen LogP contribution in [0.25, 0.3) is 0 Å². The summed E-state index contributed by atoms with van der Waals surface area (Å²) in [7, 11) is 0. The van der Waals surface area contributed by atoms with Gasteiger partial charge in [0.25, 0.3) is 0 Å². The normalized spacial score (nSPS) is 12.3. The molecule has 0 radical (unpaired) electrons. The molecule has 1 heterocycles. The number of hydrogen-bond donors (Lipinski definition) is 1. The Morgan fingerprint density at radius 2 is 1.35 bits per heavy atom. The molecule has 0 aliphatic carbocycles. The van der Waals surface area contributed by atoms with E-state index in [0.717, 1.165) is 16.7 Å². The highest BCUT2D eigenvalue weighted by Crippen LogP contribution is 2.44. The highest BCUT2D eigenvalue weighted by molar-refractivity contribution is 6.00. The molecule has 0 bridgehead atoms. The number of carbonyl (C=O) groups excluding carboxylic acids is 1. The lowest BCUT2D eigenvalue weighted by Crippen LogP contribution is -2.25. The second kappa shape index (κ2) is 8.00. The summed E-state index contributed by atoms with van der Waals surface area (Å²) >= 11 is 0. The number of fused-ring (bicyclic) bond motifs is 2. The Kier molecular flexibility index (Phi) is 4.89. The van der Waals surface area contributed by atoms with Gasteiger partial charge in [0.15, 0.2) is 5.75 Å². The monoisotopic (exact) mass is 407 g/mol. The Labute approximate surface area is 181 Å². The minimum absolute atomic E-state index is 0.136. The molecule has 1 amide bonds. The smallest absolute Gasteiger partial charge is 0.236 e. The number of aryl methyl sites for hydroxylation is 1. The third-order valence-electron chi connectivity index (χ3n) is 5.34. The molecule has 4 nitrogen and oxygen atoms in total. The van der Waals surface area contributed by atoms with Crippen molar-refractivity contribution >= 4 is 11.6 Å². The first-order valence-corrected chi connectivity index (χ1v) is 10.2. The van der Waals surface area contributed by atoms with Gasteiger partial charge in [-0.15, -0.1) is 0 Å². The van der Waals surface area contributed by atoms with Crippen LogP contribution >= 0.6 is 0 Å². The van der Waals surface area contributed by atoms with E-state index in [1.807, 2.05) is 104 Å². The lowest BCUT2D eigenvalue weighted by atomic mass is 9.87. The summed E-state index contributed by atoms with van der Waals surface area (Å²) in [5.41, 5.74) is 3.46. The molecule has 5 rings (SSSR count). The van der Waals surface area contributed by atoms with Crippen LogP contribution in [0, 0.1) is 6.92 Å². The van der Waals surface area contributed by atoms with Gasteiger partial charge in [0.2, 0.25) is 5.91 Å². The molecular formula is C27H21NO3. The number of para-hydroxylation sites is 4. The molecule has 4 aromatic rings. The second-order valence-electron chi connectivity index (χ2n) is 7.51. The third kappa shape index (κ3) is 3.76. The van der Waals surface area contributed by atoms with E-state index in [-0.39, 0.29) is 5.91 Å². The minimum Gasteiger partial charge on any atom is -0.457 e. The van der Waals surface area contributed by atoms with Gasteiger partial charge in [-0.3, -0.25) is 4.79 Å². The van der Waals surface area contributed by atoms with Gasteiger partial charge in [0.05, 0.1) is 11.6 Å². The van der Waals surface area contributed by atoms with Gasteiger partial charge < -0.3 is 14.8 Å². The molecule has 0 atom stereocenters. The van der Waals surface area contributed by atoms with Crippen molar-refractivity contribution in [3.8, 4) is 23.0 Å². The fourth-order valence-corrected chi connectivity index (χ4v) is 3.79. The van der Waals surface area contributed by atoms with Crippen molar-refractivity contribution in [1.29, 1.82) is 0 Å². The van der Waals surface area contributed by atoms with E-state index >= 15 is 0 Å². The number of benzene rings is 4. The lowest BCUT2D eigenvalue weighted by molar-refractivity contribution is -0.116. The molecule has 152 valence electrons. The van der Waals surface area contributed by atoms with Crippen molar-refractivity contribution in [2.75, 3.05) is 5.32 Å². The molecular weight excluding hydrogens is 386 g/mol. The number of carbonyl (C=O) groups is 1. The number of ether oxygens (including phenoxy) is 2. The summed E-state index contributed by atoms with van der Waals surface area (Å²) in [6.07, 6.45) is 0. The van der Waals surface area contributed by atoms with Crippen LogP contribution in [0.1, 0.15) is 22.6 Å². The van der Waals surface area contributed by atoms with Crippen molar-refractivity contribution in [2.45, 2.75) is 12.8 Å². The fraction of sp³-hybridized carbons (Fsp3) is 0.0741. The van der Waals surface area contributed by atoms with Crippen molar-refractivity contribution in [3.05, 3.63) is 114 Å². The second-order valence-corrected chi connectivity index (χ2v) is 7.51. The molecule has 4 aromatic carbocycles. The molecule has 0 saturated heterocycles. The van der Waals surface area contributed by atoms with Crippen LogP contribution in [0.15, 0.2) is 97.1 Å². The Balaban J connectivity index is 1.47. The SMILES string of the molecule is Cc1ccc(Oc2ccccc2NC(=O)C2c3ccccc3Oc3ccccc32)cc1. The first-order chi connectivity index (χ1) is 15.2. The van der Waals surface area contributed by atoms with E-state index in [1.54, 1.807) is 0 Å². The molecule has 0 fully saturated rings. The average molecular weight is 407 g/mol. The van der Waals surface area contributed by atoms with Crippen LogP contribution in [0.4, 0.5) is 5.69 Å². The molecule has 0 saturated carbocycles. The van der Waals surface area contributed by atoms with Gasteiger partial charge in [-0.2, -0.15) is 0 Å². The van der Waals surface area contributed by atoms with Gasteiger partial charge in [0.1, 0.15) is 17.2 Å². The average Bonchev–Trinajstić information content (AvgIpc) is 2.80. The van der Waals surface area contributed by atoms with Crippen molar-refractivity contribution in [1.82, 2.24) is 0 Å². The zero-order chi connectivity index (χ0) is 21.2. The summed E-state index contributed by atoms with van der Waals surface area (Å²) in [6.45, 7) is 2.03. The van der Waals surface area contributed by atoms with Gasteiger partial charge in [-0.1, -0.05) is 66.2 Å². The number of hydrogen-bond acceptors (Lipinski definition) is 3. The van der Waals surface area contributed by atoms with Crippen LogP contribution in [0.5, 0.6) is 23.0 Å². The third-order valence-corrected chi connectivity index (χ3v) is 5.34. The van der Waals surface area contributed by atoms with Gasteiger partial charge in [-0.05, 0) is 43.3 Å². The Morgan fingerprint density at radius 3 is 2.03 bits per heavy atom. The quantitative estimate of drug-likeness (QED) is 0.411. The molecule has 0 spiro atoms. The highest BCUT2D eigenvalue weighted by Gasteiger charge is 2.32. The number of anilines is 1. The largest absolute Gasteiger partial charge is 0.457 e. The van der Waals surface area contributed by atoms with E-state index in [0.29, 0.717) is 28.7 Å². The molecule has 1 aliphatic rings. The maximum absolute atomic E-state index is 13.5. The van der Waals surface area contributed by atoms with E-state index in [2.05, 4.69) is 5.32 Å². The van der Waals surface area contributed by atoms with Gasteiger partial charge in [-0.25, -0.2) is 0 Å². The standard InChI is InChI=1S/C27H21NO3/c1-18-14-16-19(17-15-18)30-25-13-7-4-10-22(25)28-27(29)26-20-8-2-5-11-23(20)31-24-12-6-3-9-21(24)26/h2-17,26H,1H3,(H,28,29). The molecule has 1 N–H and O–H groups in total. The lowest BCUT2D eigenvalue weighted by Gasteiger charge is -2.27. The molecule has 0 unspecified atom stereocenters. The first-order valence-electron chi connectivity index (χ1n) is 10.2. The topological polar surface area (TPSA) is 47.6 Å². The predicted octanol–water partition coefficient (Wildman–Crippen LogP) is 6.66. The van der Waals surface area contributed by atoms with E-state index in [1.165, 1.54) is 0 Å². The van der Waals surface area contributed by atoms with Crippen LogP contribution in [0.2, 0.25) is 0 Å². The molecule has 4 heteroatoms. The molecule has 31 heavy (non-hydrogen) atoms. The summed E-state index contributed by atoms with van der Waals surface area (Å²) in [5.74, 6) is 2.09. The van der Waals surface area contributed by atoms with Crippen LogP contribution < -0.4 is 14.8 Å². The Morgan fingerprint density at radius 1 is 0.774 bits per heavy atom. The van der Waals surface area contributed by atoms with Crippen molar-refractivity contribution in [3.63, 3.8) is 0 Å². The summed E-state index contributed by atoms with van der Waals surface area (Å²) in [4.78, 5) is 13.5. The molecule has 0 aromatic heterocycles. The van der Waals surface area contributed by atoms with Crippen LogP contribution in [-0.2, 0) is 4.79 Å². The zero-order valence-electron chi connectivity index (χ0n) is 17.0.